The lowest BCUT2D eigenvalue weighted by molar-refractivity contribution is -0.134. The van der Waals surface area contributed by atoms with E-state index in [1.807, 2.05) is 48.7 Å². The molecule has 136 valence electrons. The van der Waals surface area contributed by atoms with Gasteiger partial charge in [-0.25, -0.2) is 0 Å². The smallest absolute Gasteiger partial charge is 0.227 e. The molecular weight excluding hydrogens is 346 g/mol. The van der Waals surface area contributed by atoms with Crippen LogP contribution in [0.3, 0.4) is 0 Å². The van der Waals surface area contributed by atoms with Gasteiger partial charge in [-0.1, -0.05) is 6.07 Å². The first-order chi connectivity index (χ1) is 12.6. The molecule has 1 atom stereocenters. The maximum atomic E-state index is 12.7. The molecule has 1 unspecified atom stereocenters. The minimum Gasteiger partial charge on any atom is -0.345 e. The zero-order chi connectivity index (χ0) is 18.5. The summed E-state index contributed by atoms with van der Waals surface area (Å²) in [5.41, 5.74) is 1.82. The molecule has 2 heterocycles. The number of pyridine rings is 1. The average Bonchev–Trinajstić information content (AvgIpc) is 3.08. The van der Waals surface area contributed by atoms with Crippen molar-refractivity contribution in [3.05, 3.63) is 54.4 Å². The Labute approximate surface area is 158 Å². The summed E-state index contributed by atoms with van der Waals surface area (Å²) in [4.78, 5) is 34.0. The van der Waals surface area contributed by atoms with Crippen LogP contribution in [-0.4, -0.2) is 48.1 Å². The van der Waals surface area contributed by atoms with Gasteiger partial charge < -0.3 is 9.80 Å². The van der Waals surface area contributed by atoms with Crippen LogP contribution in [0, 0.1) is 5.92 Å². The number of likely N-dealkylation sites (N-methyl/N-ethyl adjacent to an activating group) is 1. The minimum atomic E-state index is -0.281. The number of nitrogens with zero attached hydrogens (tertiary/aromatic N) is 3. The zero-order valence-corrected chi connectivity index (χ0v) is 15.9. The number of hydrogen-bond acceptors (Lipinski definition) is 4. The molecule has 0 radical (unpaired) electrons. The summed E-state index contributed by atoms with van der Waals surface area (Å²) >= 11 is 1.66. The first-order valence-corrected chi connectivity index (χ1v) is 9.90. The number of carbonyl (C=O) groups is 2. The van der Waals surface area contributed by atoms with Crippen LogP contribution in [0.5, 0.6) is 0 Å². The molecule has 26 heavy (non-hydrogen) atoms. The van der Waals surface area contributed by atoms with Gasteiger partial charge in [0.2, 0.25) is 11.8 Å². The number of rotatable bonds is 6. The molecule has 2 amide bonds. The van der Waals surface area contributed by atoms with Gasteiger partial charge in [0.25, 0.3) is 0 Å². The molecule has 6 heteroatoms. The predicted molar refractivity (Wildman–Crippen MR) is 104 cm³/mol. The second-order valence-electron chi connectivity index (χ2n) is 6.43. The molecule has 5 nitrogen and oxygen atoms in total. The van der Waals surface area contributed by atoms with Crippen molar-refractivity contribution in [1.29, 1.82) is 0 Å². The number of aromatic nitrogens is 1. The van der Waals surface area contributed by atoms with E-state index >= 15 is 0 Å². The largest absolute Gasteiger partial charge is 0.345 e. The first-order valence-electron chi connectivity index (χ1n) is 8.68. The molecule has 0 aliphatic carbocycles. The summed E-state index contributed by atoms with van der Waals surface area (Å²) in [7, 11) is 1.80. The van der Waals surface area contributed by atoms with Crippen LogP contribution in [0.15, 0.2) is 53.6 Å². The SMILES string of the molecule is CSc1ccc(N2CC(C(=O)N(C)CCc3ccccn3)CC2=O)cc1. The third-order valence-corrected chi connectivity index (χ3v) is 5.41. The Kier molecular flexibility index (Phi) is 5.93. The van der Waals surface area contributed by atoms with E-state index in [1.165, 1.54) is 0 Å². The lowest BCUT2D eigenvalue weighted by atomic mass is 10.1. The Bertz CT molecular complexity index is 764. The summed E-state index contributed by atoms with van der Waals surface area (Å²) in [6, 6.07) is 13.7. The van der Waals surface area contributed by atoms with Crippen molar-refractivity contribution in [3.8, 4) is 0 Å². The topological polar surface area (TPSA) is 53.5 Å². The minimum absolute atomic E-state index is 0.0124. The van der Waals surface area contributed by atoms with E-state index in [0.29, 0.717) is 19.5 Å². The Morgan fingerprint density at radius 3 is 2.69 bits per heavy atom. The van der Waals surface area contributed by atoms with E-state index in [-0.39, 0.29) is 24.2 Å². The fourth-order valence-corrected chi connectivity index (χ4v) is 3.54. The third kappa shape index (κ3) is 4.25. The molecule has 1 aromatic carbocycles. The number of thioether (sulfide) groups is 1. The van der Waals surface area contributed by atoms with Crippen LogP contribution in [0.2, 0.25) is 0 Å². The Morgan fingerprint density at radius 1 is 1.27 bits per heavy atom. The molecule has 0 N–H and O–H groups in total. The van der Waals surface area contributed by atoms with Gasteiger partial charge in [-0.15, -0.1) is 11.8 Å². The number of benzene rings is 1. The van der Waals surface area contributed by atoms with Crippen molar-refractivity contribution >= 4 is 29.3 Å². The molecule has 1 fully saturated rings. The fourth-order valence-electron chi connectivity index (χ4n) is 3.13. The van der Waals surface area contributed by atoms with Crippen LogP contribution in [0.4, 0.5) is 5.69 Å². The van der Waals surface area contributed by atoms with Gasteiger partial charge in [0, 0.05) is 55.5 Å². The Balaban J connectivity index is 1.59. The maximum absolute atomic E-state index is 12.7. The normalized spacial score (nSPS) is 16.8. The van der Waals surface area contributed by atoms with Gasteiger partial charge in [0.15, 0.2) is 0 Å². The molecule has 3 rings (SSSR count). The van der Waals surface area contributed by atoms with Crippen LogP contribution in [0.1, 0.15) is 12.1 Å². The highest BCUT2D eigenvalue weighted by molar-refractivity contribution is 7.98. The van der Waals surface area contributed by atoms with Crippen LogP contribution in [0.25, 0.3) is 0 Å². The van der Waals surface area contributed by atoms with Crippen LogP contribution >= 0.6 is 11.8 Å². The lowest BCUT2D eigenvalue weighted by Crippen LogP contribution is -2.36. The standard InChI is InChI=1S/C20H23N3O2S/c1-22(12-10-16-5-3-4-11-21-16)20(25)15-13-19(24)23(14-15)17-6-8-18(26-2)9-7-17/h3-9,11,15H,10,12-14H2,1-2H3. The van der Waals surface area contributed by atoms with Gasteiger partial charge in [0.05, 0.1) is 5.92 Å². The van der Waals surface area contributed by atoms with Crippen LogP contribution < -0.4 is 4.90 Å². The highest BCUT2D eigenvalue weighted by Crippen LogP contribution is 2.27. The molecule has 0 bridgehead atoms. The third-order valence-electron chi connectivity index (χ3n) is 4.66. The molecule has 1 aromatic heterocycles. The zero-order valence-electron chi connectivity index (χ0n) is 15.1. The molecule has 1 aliphatic rings. The van der Waals surface area contributed by atoms with Gasteiger partial charge in [0.1, 0.15) is 0 Å². The van der Waals surface area contributed by atoms with E-state index in [0.717, 1.165) is 16.3 Å². The van der Waals surface area contributed by atoms with Crippen molar-refractivity contribution in [3.63, 3.8) is 0 Å². The van der Waals surface area contributed by atoms with E-state index in [1.54, 1.807) is 34.8 Å². The van der Waals surface area contributed by atoms with E-state index in [4.69, 9.17) is 0 Å². The second kappa shape index (κ2) is 8.36. The summed E-state index contributed by atoms with van der Waals surface area (Å²) in [5.74, 6) is -0.243. The fraction of sp³-hybridized carbons (Fsp3) is 0.350. The van der Waals surface area contributed by atoms with Crippen molar-refractivity contribution in [2.45, 2.75) is 17.7 Å². The van der Waals surface area contributed by atoms with Crippen molar-refractivity contribution in [2.24, 2.45) is 5.92 Å². The number of carbonyl (C=O) groups excluding carboxylic acids is 2. The highest BCUT2D eigenvalue weighted by atomic mass is 32.2. The summed E-state index contributed by atoms with van der Waals surface area (Å²) < 4.78 is 0. The first kappa shape index (κ1) is 18.5. The predicted octanol–water partition coefficient (Wildman–Crippen LogP) is 2.86. The molecule has 1 aliphatic heterocycles. The molecular formula is C20H23N3O2S. The van der Waals surface area contributed by atoms with Gasteiger partial charge in [-0.3, -0.25) is 14.6 Å². The quantitative estimate of drug-likeness (QED) is 0.735. The van der Waals surface area contributed by atoms with E-state index in [2.05, 4.69) is 4.98 Å². The van der Waals surface area contributed by atoms with E-state index < -0.39 is 0 Å². The highest BCUT2D eigenvalue weighted by Gasteiger charge is 2.36. The van der Waals surface area contributed by atoms with Gasteiger partial charge >= 0.3 is 0 Å². The molecule has 1 saturated heterocycles. The van der Waals surface area contributed by atoms with Crippen molar-refractivity contribution < 1.29 is 9.59 Å². The van der Waals surface area contributed by atoms with Crippen molar-refractivity contribution in [2.75, 3.05) is 31.3 Å². The number of anilines is 1. The summed E-state index contributed by atoms with van der Waals surface area (Å²) in [5, 5.41) is 0. The van der Waals surface area contributed by atoms with Crippen molar-refractivity contribution in [1.82, 2.24) is 9.88 Å². The second-order valence-corrected chi connectivity index (χ2v) is 7.31. The van der Waals surface area contributed by atoms with Gasteiger partial charge in [-0.05, 0) is 42.7 Å². The maximum Gasteiger partial charge on any atom is 0.227 e. The number of amides is 2. The van der Waals surface area contributed by atoms with Crippen LogP contribution in [-0.2, 0) is 16.0 Å². The Morgan fingerprint density at radius 2 is 2.04 bits per heavy atom. The molecule has 0 spiro atoms. The monoisotopic (exact) mass is 369 g/mol. The summed E-state index contributed by atoms with van der Waals surface area (Å²) in [6.07, 6.45) is 4.76. The number of hydrogen-bond donors (Lipinski definition) is 0. The average molecular weight is 369 g/mol. The lowest BCUT2D eigenvalue weighted by Gasteiger charge is -2.21. The van der Waals surface area contributed by atoms with E-state index in [9.17, 15) is 9.59 Å². The molecule has 0 saturated carbocycles. The van der Waals surface area contributed by atoms with Gasteiger partial charge in [-0.2, -0.15) is 0 Å². The summed E-state index contributed by atoms with van der Waals surface area (Å²) in [6.45, 7) is 1.05. The molecule has 2 aromatic rings. The Hall–Kier alpha value is -2.34.